The van der Waals surface area contributed by atoms with Gasteiger partial charge in [-0.1, -0.05) is 60.7 Å². The smallest absolute Gasteiger partial charge is 0.293 e. The first-order valence-corrected chi connectivity index (χ1v) is 9.97. The SMILES string of the molecule is O=CO[C@H]1CCN2C(=O)[C@H](OCc3ccccc3)[C@@H](OCc3ccccc3)[C@H]2C1. The van der Waals surface area contributed by atoms with Gasteiger partial charge in [0.1, 0.15) is 12.2 Å². The van der Waals surface area contributed by atoms with Gasteiger partial charge in [-0.2, -0.15) is 0 Å². The van der Waals surface area contributed by atoms with Gasteiger partial charge in [-0.15, -0.1) is 0 Å². The third kappa shape index (κ3) is 4.49. The van der Waals surface area contributed by atoms with Crippen LogP contribution in [0.3, 0.4) is 0 Å². The molecule has 0 saturated carbocycles. The zero-order valence-corrected chi connectivity index (χ0v) is 16.2. The van der Waals surface area contributed by atoms with Crippen molar-refractivity contribution in [2.45, 2.75) is 50.4 Å². The molecule has 0 bridgehead atoms. The van der Waals surface area contributed by atoms with Crippen LogP contribution in [0, 0.1) is 0 Å². The number of piperidine rings is 1. The van der Waals surface area contributed by atoms with E-state index in [2.05, 4.69) is 0 Å². The molecule has 2 fully saturated rings. The first-order valence-electron chi connectivity index (χ1n) is 9.97. The minimum absolute atomic E-state index is 0.0476. The van der Waals surface area contributed by atoms with Crippen LogP contribution in [0.4, 0.5) is 0 Å². The molecule has 2 aromatic carbocycles. The van der Waals surface area contributed by atoms with Gasteiger partial charge in [0, 0.05) is 19.4 Å². The third-order valence-corrected chi connectivity index (χ3v) is 5.61. The van der Waals surface area contributed by atoms with Crippen molar-refractivity contribution in [3.05, 3.63) is 71.8 Å². The Labute approximate surface area is 170 Å². The molecule has 6 nitrogen and oxygen atoms in total. The lowest BCUT2D eigenvalue weighted by Crippen LogP contribution is -2.46. The van der Waals surface area contributed by atoms with E-state index in [1.165, 1.54) is 0 Å². The van der Waals surface area contributed by atoms with Crippen LogP contribution < -0.4 is 0 Å². The second-order valence-corrected chi connectivity index (χ2v) is 7.46. The van der Waals surface area contributed by atoms with Gasteiger partial charge in [0.25, 0.3) is 12.4 Å². The highest BCUT2D eigenvalue weighted by Crippen LogP contribution is 2.34. The van der Waals surface area contributed by atoms with Crippen molar-refractivity contribution in [2.75, 3.05) is 6.54 Å². The molecular weight excluding hydrogens is 370 g/mol. The van der Waals surface area contributed by atoms with Gasteiger partial charge >= 0.3 is 0 Å². The van der Waals surface area contributed by atoms with Gasteiger partial charge in [-0.25, -0.2) is 0 Å². The van der Waals surface area contributed by atoms with E-state index in [-0.39, 0.29) is 18.1 Å². The number of amides is 1. The topological polar surface area (TPSA) is 65.1 Å². The summed E-state index contributed by atoms with van der Waals surface area (Å²) in [6.45, 7) is 1.77. The predicted molar refractivity (Wildman–Crippen MR) is 106 cm³/mol. The van der Waals surface area contributed by atoms with Gasteiger partial charge in [-0.3, -0.25) is 9.59 Å². The summed E-state index contributed by atoms with van der Waals surface area (Å²) >= 11 is 0. The standard InChI is InChI=1S/C23H25NO5/c25-16-29-19-11-12-24-20(13-19)21(27-14-17-7-3-1-4-8-17)22(23(24)26)28-15-18-9-5-2-6-10-18/h1-10,16,19-22H,11-15H2/t19-,20+,21-,22+/m0/s1. The molecule has 2 aromatic rings. The zero-order valence-electron chi connectivity index (χ0n) is 16.2. The molecule has 0 aliphatic carbocycles. The maximum Gasteiger partial charge on any atom is 0.293 e. The molecule has 1 amide bonds. The summed E-state index contributed by atoms with van der Waals surface area (Å²) in [6.07, 6.45) is -0.0759. The van der Waals surface area contributed by atoms with Crippen molar-refractivity contribution < 1.29 is 23.8 Å². The summed E-state index contributed by atoms with van der Waals surface area (Å²) in [4.78, 5) is 25.7. The molecule has 0 aromatic heterocycles. The predicted octanol–water partition coefficient (Wildman–Crippen LogP) is 2.70. The van der Waals surface area contributed by atoms with E-state index in [0.29, 0.717) is 39.1 Å². The van der Waals surface area contributed by atoms with Crippen LogP contribution in [-0.2, 0) is 37.0 Å². The van der Waals surface area contributed by atoms with Gasteiger partial charge in [0.2, 0.25) is 0 Å². The number of ether oxygens (including phenoxy) is 3. The summed E-state index contributed by atoms with van der Waals surface area (Å²) < 4.78 is 17.5. The molecular formula is C23H25NO5. The Hall–Kier alpha value is -2.70. The zero-order chi connectivity index (χ0) is 20.1. The monoisotopic (exact) mass is 395 g/mol. The number of hydrogen-bond donors (Lipinski definition) is 0. The van der Waals surface area contributed by atoms with Gasteiger partial charge in [-0.05, 0) is 11.1 Å². The van der Waals surface area contributed by atoms with Crippen LogP contribution in [0.25, 0.3) is 0 Å². The molecule has 0 spiro atoms. The molecule has 29 heavy (non-hydrogen) atoms. The first kappa shape index (κ1) is 19.6. The van der Waals surface area contributed by atoms with Gasteiger partial charge in [0.15, 0.2) is 6.10 Å². The van der Waals surface area contributed by atoms with Crippen LogP contribution in [0.1, 0.15) is 24.0 Å². The fourth-order valence-electron chi connectivity index (χ4n) is 4.15. The lowest BCUT2D eigenvalue weighted by atomic mass is 9.97. The Morgan fingerprint density at radius 3 is 2.17 bits per heavy atom. The van der Waals surface area contributed by atoms with Crippen molar-refractivity contribution in [1.29, 1.82) is 0 Å². The Kier molecular flexibility index (Phi) is 6.22. The maximum atomic E-state index is 13.1. The molecule has 6 heteroatoms. The number of benzene rings is 2. The van der Waals surface area contributed by atoms with Crippen LogP contribution in [0.2, 0.25) is 0 Å². The summed E-state index contributed by atoms with van der Waals surface area (Å²) in [5.41, 5.74) is 2.05. The molecule has 0 N–H and O–H groups in total. The summed E-state index contributed by atoms with van der Waals surface area (Å²) in [6, 6.07) is 19.5. The number of rotatable bonds is 8. The van der Waals surface area contributed by atoms with Crippen molar-refractivity contribution >= 4 is 12.4 Å². The minimum Gasteiger partial charge on any atom is -0.464 e. The second-order valence-electron chi connectivity index (χ2n) is 7.46. The lowest BCUT2D eigenvalue weighted by molar-refractivity contribution is -0.143. The van der Waals surface area contributed by atoms with E-state index in [9.17, 15) is 9.59 Å². The van der Waals surface area contributed by atoms with E-state index >= 15 is 0 Å². The largest absolute Gasteiger partial charge is 0.464 e. The molecule has 4 rings (SSSR count). The molecule has 2 aliphatic heterocycles. The van der Waals surface area contributed by atoms with E-state index in [4.69, 9.17) is 14.2 Å². The van der Waals surface area contributed by atoms with Crippen molar-refractivity contribution in [2.24, 2.45) is 0 Å². The molecule has 4 atom stereocenters. The number of carbonyl (C=O) groups is 2. The molecule has 2 aliphatic rings. The molecule has 0 radical (unpaired) electrons. The summed E-state index contributed by atoms with van der Waals surface area (Å²) in [5.74, 6) is -0.0476. The number of nitrogens with zero attached hydrogens (tertiary/aromatic N) is 1. The van der Waals surface area contributed by atoms with E-state index < -0.39 is 12.2 Å². The van der Waals surface area contributed by atoms with Crippen molar-refractivity contribution in [3.8, 4) is 0 Å². The van der Waals surface area contributed by atoms with E-state index in [0.717, 1.165) is 11.1 Å². The quantitative estimate of drug-likeness (QED) is 0.643. The van der Waals surface area contributed by atoms with E-state index in [1.807, 2.05) is 65.6 Å². The van der Waals surface area contributed by atoms with Crippen LogP contribution in [0.15, 0.2) is 60.7 Å². The fraction of sp³-hybridized carbons (Fsp3) is 0.391. The second kappa shape index (κ2) is 9.20. The van der Waals surface area contributed by atoms with Gasteiger partial charge in [0.05, 0.1) is 19.3 Å². The normalized spacial score (nSPS) is 26.2. The highest BCUT2D eigenvalue weighted by molar-refractivity contribution is 5.85. The van der Waals surface area contributed by atoms with Crippen LogP contribution >= 0.6 is 0 Å². The van der Waals surface area contributed by atoms with Crippen molar-refractivity contribution in [1.82, 2.24) is 4.90 Å². The Bertz CT molecular complexity index is 813. The highest BCUT2D eigenvalue weighted by Gasteiger charge is 2.52. The molecule has 152 valence electrons. The number of hydrogen-bond acceptors (Lipinski definition) is 5. The minimum atomic E-state index is -0.668. The van der Waals surface area contributed by atoms with Crippen molar-refractivity contribution in [3.63, 3.8) is 0 Å². The molecule has 2 heterocycles. The van der Waals surface area contributed by atoms with Gasteiger partial charge < -0.3 is 19.1 Å². The Morgan fingerprint density at radius 1 is 0.931 bits per heavy atom. The molecule has 0 unspecified atom stereocenters. The van der Waals surface area contributed by atoms with E-state index in [1.54, 1.807) is 0 Å². The van der Waals surface area contributed by atoms with Crippen LogP contribution in [0.5, 0.6) is 0 Å². The summed E-state index contributed by atoms with van der Waals surface area (Å²) in [7, 11) is 0. The maximum absolute atomic E-state index is 13.1. The lowest BCUT2D eigenvalue weighted by Gasteiger charge is -2.35. The first-order chi connectivity index (χ1) is 14.3. The Morgan fingerprint density at radius 2 is 1.55 bits per heavy atom. The molecule has 2 saturated heterocycles. The number of carbonyl (C=O) groups excluding carboxylic acids is 2. The average Bonchev–Trinajstić information content (AvgIpc) is 3.03. The summed E-state index contributed by atoms with van der Waals surface area (Å²) in [5, 5.41) is 0. The van der Waals surface area contributed by atoms with Crippen LogP contribution in [-0.4, -0.2) is 48.2 Å². The highest BCUT2D eigenvalue weighted by atomic mass is 16.6. The fourth-order valence-corrected chi connectivity index (χ4v) is 4.15. The Balaban J connectivity index is 1.50. The average molecular weight is 395 g/mol. The number of fused-ring (bicyclic) bond motifs is 1. The third-order valence-electron chi connectivity index (χ3n) is 5.61.